The van der Waals surface area contributed by atoms with Gasteiger partial charge >= 0.3 is 0 Å². The van der Waals surface area contributed by atoms with Gasteiger partial charge in [-0.15, -0.1) is 11.8 Å². The standard InChI is InChI=1S/C14H18N2S/c15-12-13-5-4-6-14(11-13)17-10-9-16-7-2-1-3-8-16/h4-6,11H,1-3,7-10H2. The van der Waals surface area contributed by atoms with Gasteiger partial charge in [-0.1, -0.05) is 12.5 Å². The summed E-state index contributed by atoms with van der Waals surface area (Å²) in [5.74, 6) is 1.12. The zero-order chi connectivity index (χ0) is 11.9. The molecule has 17 heavy (non-hydrogen) atoms. The molecule has 90 valence electrons. The first-order valence-corrected chi connectivity index (χ1v) is 7.22. The predicted octanol–water partition coefficient (Wildman–Crippen LogP) is 3.14. The number of thioether (sulfide) groups is 1. The smallest absolute Gasteiger partial charge is 0.0992 e. The lowest BCUT2D eigenvalue weighted by molar-refractivity contribution is 0.242. The van der Waals surface area contributed by atoms with Crippen LogP contribution in [0.25, 0.3) is 0 Å². The van der Waals surface area contributed by atoms with E-state index in [0.717, 1.165) is 11.3 Å². The molecule has 2 rings (SSSR count). The van der Waals surface area contributed by atoms with Gasteiger partial charge in [0.25, 0.3) is 0 Å². The van der Waals surface area contributed by atoms with E-state index < -0.39 is 0 Å². The molecular formula is C14H18N2S. The molecule has 0 aromatic heterocycles. The molecule has 1 aliphatic rings. The quantitative estimate of drug-likeness (QED) is 0.764. The van der Waals surface area contributed by atoms with Crippen molar-refractivity contribution in [3.8, 4) is 6.07 Å². The molecule has 0 bridgehead atoms. The molecule has 2 nitrogen and oxygen atoms in total. The van der Waals surface area contributed by atoms with E-state index in [1.807, 2.05) is 30.0 Å². The monoisotopic (exact) mass is 246 g/mol. The zero-order valence-corrected chi connectivity index (χ0v) is 10.9. The van der Waals surface area contributed by atoms with Crippen LogP contribution >= 0.6 is 11.8 Å². The Hall–Kier alpha value is -0.980. The van der Waals surface area contributed by atoms with Gasteiger partial charge in [0.2, 0.25) is 0 Å². The van der Waals surface area contributed by atoms with Gasteiger partial charge in [0.1, 0.15) is 0 Å². The summed E-state index contributed by atoms with van der Waals surface area (Å²) in [6.07, 6.45) is 4.11. The molecule has 3 heteroatoms. The van der Waals surface area contributed by atoms with E-state index in [2.05, 4.69) is 17.0 Å². The van der Waals surface area contributed by atoms with E-state index in [1.54, 1.807) is 0 Å². The van der Waals surface area contributed by atoms with Crippen molar-refractivity contribution in [3.63, 3.8) is 0 Å². The molecule has 0 saturated carbocycles. The maximum absolute atomic E-state index is 8.82. The highest BCUT2D eigenvalue weighted by Crippen LogP contribution is 2.19. The Balaban J connectivity index is 1.75. The summed E-state index contributed by atoms with van der Waals surface area (Å²) < 4.78 is 0. The van der Waals surface area contributed by atoms with Crippen molar-refractivity contribution in [2.45, 2.75) is 24.2 Å². The Labute approximate surface area is 108 Å². The molecule has 0 spiro atoms. The van der Waals surface area contributed by atoms with Crippen LogP contribution in [0.3, 0.4) is 0 Å². The molecule has 0 unspecified atom stereocenters. The van der Waals surface area contributed by atoms with Gasteiger partial charge in [0.05, 0.1) is 11.6 Å². The van der Waals surface area contributed by atoms with Crippen LogP contribution in [-0.4, -0.2) is 30.3 Å². The summed E-state index contributed by atoms with van der Waals surface area (Å²) in [5.41, 5.74) is 0.757. The number of hydrogen-bond donors (Lipinski definition) is 0. The molecule has 1 aliphatic heterocycles. The zero-order valence-electron chi connectivity index (χ0n) is 10.1. The minimum absolute atomic E-state index is 0.757. The third-order valence-electron chi connectivity index (χ3n) is 3.09. The number of nitriles is 1. The highest BCUT2D eigenvalue weighted by Gasteiger charge is 2.09. The Morgan fingerprint density at radius 2 is 2.06 bits per heavy atom. The Kier molecular flexibility index (Phi) is 4.90. The summed E-state index contributed by atoms with van der Waals surface area (Å²) in [6, 6.07) is 10.1. The van der Waals surface area contributed by atoms with Crippen LogP contribution in [0.2, 0.25) is 0 Å². The third-order valence-corrected chi connectivity index (χ3v) is 4.06. The number of likely N-dealkylation sites (tertiary alicyclic amines) is 1. The molecule has 0 amide bonds. The first kappa shape index (κ1) is 12.5. The molecule has 1 aromatic carbocycles. The van der Waals surface area contributed by atoms with E-state index in [-0.39, 0.29) is 0 Å². The van der Waals surface area contributed by atoms with Crippen LogP contribution in [0.1, 0.15) is 24.8 Å². The highest BCUT2D eigenvalue weighted by molar-refractivity contribution is 7.99. The van der Waals surface area contributed by atoms with E-state index in [4.69, 9.17) is 5.26 Å². The number of nitrogens with zero attached hydrogens (tertiary/aromatic N) is 2. The molecule has 0 radical (unpaired) electrons. The SMILES string of the molecule is N#Cc1cccc(SCCN2CCCCC2)c1. The van der Waals surface area contributed by atoms with Crippen molar-refractivity contribution in [2.24, 2.45) is 0 Å². The largest absolute Gasteiger partial charge is 0.303 e. The summed E-state index contributed by atoms with van der Waals surface area (Å²) in [7, 11) is 0. The number of benzene rings is 1. The average Bonchev–Trinajstić information content (AvgIpc) is 2.40. The lowest BCUT2D eigenvalue weighted by Crippen LogP contribution is -2.31. The van der Waals surface area contributed by atoms with Crippen molar-refractivity contribution in [2.75, 3.05) is 25.4 Å². The number of piperidine rings is 1. The fraction of sp³-hybridized carbons (Fsp3) is 0.500. The van der Waals surface area contributed by atoms with E-state index in [1.165, 1.54) is 43.8 Å². The maximum atomic E-state index is 8.82. The maximum Gasteiger partial charge on any atom is 0.0992 e. The summed E-state index contributed by atoms with van der Waals surface area (Å²) in [6.45, 7) is 3.69. The summed E-state index contributed by atoms with van der Waals surface area (Å²) >= 11 is 1.85. The van der Waals surface area contributed by atoms with E-state index >= 15 is 0 Å². The first-order valence-electron chi connectivity index (χ1n) is 6.24. The first-order chi connectivity index (χ1) is 8.38. The van der Waals surface area contributed by atoms with Gasteiger partial charge in [-0.2, -0.15) is 5.26 Å². The topological polar surface area (TPSA) is 27.0 Å². The van der Waals surface area contributed by atoms with Crippen molar-refractivity contribution in [3.05, 3.63) is 29.8 Å². The lowest BCUT2D eigenvalue weighted by Gasteiger charge is -2.26. The fourth-order valence-corrected chi connectivity index (χ4v) is 3.10. The fourth-order valence-electron chi connectivity index (χ4n) is 2.13. The van der Waals surface area contributed by atoms with Gasteiger partial charge in [0.15, 0.2) is 0 Å². The average molecular weight is 246 g/mol. The summed E-state index contributed by atoms with van der Waals surface area (Å²) in [4.78, 5) is 3.76. The number of rotatable bonds is 4. The molecule has 1 saturated heterocycles. The van der Waals surface area contributed by atoms with Gasteiger partial charge in [-0.05, 0) is 44.1 Å². The Bertz CT molecular complexity index is 391. The molecule has 0 N–H and O–H groups in total. The van der Waals surface area contributed by atoms with Crippen LogP contribution in [0.4, 0.5) is 0 Å². The van der Waals surface area contributed by atoms with Crippen LogP contribution in [0.15, 0.2) is 29.2 Å². The van der Waals surface area contributed by atoms with E-state index in [0.29, 0.717) is 0 Å². The molecule has 1 heterocycles. The second kappa shape index (κ2) is 6.68. The minimum Gasteiger partial charge on any atom is -0.303 e. The highest BCUT2D eigenvalue weighted by atomic mass is 32.2. The van der Waals surface area contributed by atoms with Crippen molar-refractivity contribution < 1.29 is 0 Å². The van der Waals surface area contributed by atoms with Crippen LogP contribution in [-0.2, 0) is 0 Å². The third kappa shape index (κ3) is 4.07. The van der Waals surface area contributed by atoms with Gasteiger partial charge in [-0.25, -0.2) is 0 Å². The molecule has 0 aliphatic carbocycles. The summed E-state index contributed by atoms with van der Waals surface area (Å²) in [5, 5.41) is 8.82. The van der Waals surface area contributed by atoms with Gasteiger partial charge < -0.3 is 4.90 Å². The molecular weight excluding hydrogens is 228 g/mol. The minimum atomic E-state index is 0.757. The molecule has 0 atom stereocenters. The van der Waals surface area contributed by atoms with Crippen molar-refractivity contribution in [1.29, 1.82) is 5.26 Å². The van der Waals surface area contributed by atoms with Crippen molar-refractivity contribution >= 4 is 11.8 Å². The van der Waals surface area contributed by atoms with Gasteiger partial charge in [-0.3, -0.25) is 0 Å². The second-order valence-corrected chi connectivity index (χ2v) is 5.56. The Morgan fingerprint density at radius 1 is 1.24 bits per heavy atom. The molecule has 1 fully saturated rings. The Morgan fingerprint density at radius 3 is 2.82 bits per heavy atom. The van der Waals surface area contributed by atoms with Crippen molar-refractivity contribution in [1.82, 2.24) is 4.90 Å². The second-order valence-electron chi connectivity index (χ2n) is 4.39. The molecule has 1 aromatic rings. The van der Waals surface area contributed by atoms with E-state index in [9.17, 15) is 0 Å². The van der Waals surface area contributed by atoms with Crippen LogP contribution < -0.4 is 0 Å². The normalized spacial score (nSPS) is 16.6. The number of hydrogen-bond acceptors (Lipinski definition) is 3. The van der Waals surface area contributed by atoms with Gasteiger partial charge in [0, 0.05) is 17.2 Å². The lowest BCUT2D eigenvalue weighted by atomic mass is 10.1. The van der Waals surface area contributed by atoms with Crippen LogP contribution in [0, 0.1) is 11.3 Å². The predicted molar refractivity (Wildman–Crippen MR) is 72.2 cm³/mol. The van der Waals surface area contributed by atoms with Crippen LogP contribution in [0.5, 0.6) is 0 Å².